The molecule has 22 heavy (non-hydrogen) atoms. The molecule has 0 aromatic heterocycles. The summed E-state index contributed by atoms with van der Waals surface area (Å²) < 4.78 is 0. The molecule has 0 spiro atoms. The summed E-state index contributed by atoms with van der Waals surface area (Å²) in [5, 5.41) is 0. The van der Waals surface area contributed by atoms with Gasteiger partial charge in [0.25, 0.3) is 0 Å². The Morgan fingerprint density at radius 3 is 2.27 bits per heavy atom. The average Bonchev–Trinajstić information content (AvgIpc) is 2.54. The van der Waals surface area contributed by atoms with Gasteiger partial charge in [0, 0.05) is 0 Å². The van der Waals surface area contributed by atoms with Crippen LogP contribution in [0.1, 0.15) is 48.4 Å². The van der Waals surface area contributed by atoms with E-state index in [4.69, 9.17) is 0 Å². The van der Waals surface area contributed by atoms with Gasteiger partial charge in [-0.3, -0.25) is 0 Å². The second kappa shape index (κ2) is 9.78. The number of rotatable bonds is 5. The van der Waals surface area contributed by atoms with Gasteiger partial charge in [-0.25, -0.2) is 0 Å². The number of benzene rings is 2. The Hall–Kier alpha value is -2.08. The molecule has 2 rings (SSSR count). The highest BCUT2D eigenvalue weighted by Gasteiger charge is 1.95. The van der Waals surface area contributed by atoms with E-state index < -0.39 is 0 Å². The molecule has 0 heteroatoms. The van der Waals surface area contributed by atoms with Crippen molar-refractivity contribution in [2.24, 2.45) is 0 Å². The van der Waals surface area contributed by atoms with Crippen LogP contribution in [0.3, 0.4) is 0 Å². The molecule has 0 saturated carbocycles. The van der Waals surface area contributed by atoms with Crippen LogP contribution in [0.4, 0.5) is 0 Å². The lowest BCUT2D eigenvalue weighted by Gasteiger charge is -2.03. The average molecular weight is 292 g/mol. The van der Waals surface area contributed by atoms with Crippen LogP contribution in [-0.2, 0) is 0 Å². The quantitative estimate of drug-likeness (QED) is 0.566. The molecule has 0 saturated heterocycles. The van der Waals surface area contributed by atoms with Crippen LogP contribution in [0.2, 0.25) is 0 Å². The van der Waals surface area contributed by atoms with Crippen LogP contribution in [0, 0.1) is 13.8 Å². The zero-order valence-electron chi connectivity index (χ0n) is 14.2. The molecule has 0 aliphatic rings. The van der Waals surface area contributed by atoms with Crippen LogP contribution in [0.25, 0.3) is 11.6 Å². The second-order valence-corrected chi connectivity index (χ2v) is 5.64. The lowest BCUT2D eigenvalue weighted by Crippen LogP contribution is -1.81. The molecule has 2 aromatic carbocycles. The monoisotopic (exact) mass is 292 g/mol. The normalized spacial score (nSPS) is 9.59. The topological polar surface area (TPSA) is 0 Å². The zero-order chi connectivity index (χ0) is 16.4. The molecule has 0 N–H and O–H groups in total. The van der Waals surface area contributed by atoms with E-state index in [9.17, 15) is 0 Å². The van der Waals surface area contributed by atoms with E-state index in [1.54, 1.807) is 0 Å². The molecule has 0 amide bonds. The van der Waals surface area contributed by atoms with Crippen molar-refractivity contribution in [2.45, 2.75) is 40.0 Å². The van der Waals surface area contributed by atoms with Gasteiger partial charge in [-0.1, -0.05) is 86.7 Å². The predicted octanol–water partition coefficient (Wildman–Crippen LogP) is 6.84. The molecule has 0 unspecified atom stereocenters. The molecule has 0 aliphatic heterocycles. The van der Waals surface area contributed by atoms with Crippen LogP contribution in [0.15, 0.2) is 61.7 Å². The van der Waals surface area contributed by atoms with Gasteiger partial charge in [0.2, 0.25) is 0 Å². The maximum absolute atomic E-state index is 4.06. The minimum atomic E-state index is 1.13. The molecule has 0 radical (unpaired) electrons. The highest BCUT2D eigenvalue weighted by Crippen LogP contribution is 2.17. The smallest absolute Gasteiger partial charge is 0.0230 e. The summed E-state index contributed by atoms with van der Waals surface area (Å²) in [6.07, 6.45) is 5.49. The maximum atomic E-state index is 4.06. The Morgan fingerprint density at radius 2 is 1.73 bits per heavy atom. The standard InChI is InChI=1S/C12H16.C10H12/c1-3-4-8-11(2)12-9-6-5-7-10-12;1-4-10-6-5-8(2)7-9(10)3/h5-7,9-10H,2-4,8H2,1H3;4-7H,1H2,2-3H3. The van der Waals surface area contributed by atoms with Crippen molar-refractivity contribution in [1.82, 2.24) is 0 Å². The Labute approximate surface area is 136 Å². The number of hydrogen-bond acceptors (Lipinski definition) is 0. The third-order valence-electron chi connectivity index (χ3n) is 3.66. The van der Waals surface area contributed by atoms with E-state index in [0.717, 1.165) is 6.42 Å². The van der Waals surface area contributed by atoms with Crippen molar-refractivity contribution < 1.29 is 0 Å². The number of allylic oxidation sites excluding steroid dienone is 1. The summed E-state index contributed by atoms with van der Waals surface area (Å²) in [7, 11) is 0. The van der Waals surface area contributed by atoms with Crippen molar-refractivity contribution >= 4 is 11.6 Å². The Morgan fingerprint density at radius 1 is 1.05 bits per heavy atom. The molecule has 0 atom stereocenters. The van der Waals surface area contributed by atoms with E-state index in [1.807, 2.05) is 12.1 Å². The van der Waals surface area contributed by atoms with Gasteiger partial charge in [0.15, 0.2) is 0 Å². The lowest BCUT2D eigenvalue weighted by molar-refractivity contribution is 0.825. The third-order valence-corrected chi connectivity index (χ3v) is 3.66. The number of hydrogen-bond donors (Lipinski definition) is 0. The summed E-state index contributed by atoms with van der Waals surface area (Å²) in [4.78, 5) is 0. The van der Waals surface area contributed by atoms with Crippen LogP contribution in [0.5, 0.6) is 0 Å². The van der Waals surface area contributed by atoms with Crippen molar-refractivity contribution in [3.8, 4) is 0 Å². The lowest BCUT2D eigenvalue weighted by atomic mass is 10.0. The van der Waals surface area contributed by atoms with E-state index in [0.29, 0.717) is 0 Å². The van der Waals surface area contributed by atoms with Crippen LogP contribution in [-0.4, -0.2) is 0 Å². The Kier molecular flexibility index (Phi) is 7.99. The molecule has 116 valence electrons. The SMILES string of the molecule is C=C(CCCC)c1ccccc1.C=Cc1ccc(C)cc1C. The molecule has 0 bridgehead atoms. The van der Waals surface area contributed by atoms with Gasteiger partial charge in [-0.05, 0) is 49.0 Å². The predicted molar refractivity (Wildman–Crippen MR) is 101 cm³/mol. The molecule has 0 fully saturated rings. The first-order valence-electron chi connectivity index (χ1n) is 8.01. The van der Waals surface area contributed by atoms with Crippen molar-refractivity contribution in [3.05, 3.63) is 83.9 Å². The zero-order valence-corrected chi connectivity index (χ0v) is 14.2. The van der Waals surface area contributed by atoms with Gasteiger partial charge in [-0.2, -0.15) is 0 Å². The summed E-state index contributed by atoms with van der Waals surface area (Å²) in [5.74, 6) is 0. The fraction of sp³-hybridized carbons (Fsp3) is 0.273. The van der Waals surface area contributed by atoms with E-state index in [1.165, 1.54) is 40.7 Å². The molecule has 0 heterocycles. The largest absolute Gasteiger partial charge is 0.0985 e. The van der Waals surface area contributed by atoms with E-state index in [-0.39, 0.29) is 0 Å². The molecular weight excluding hydrogens is 264 g/mol. The molecule has 0 nitrogen and oxygen atoms in total. The summed E-state index contributed by atoms with van der Waals surface area (Å²) in [5.41, 5.74) is 6.38. The minimum absolute atomic E-state index is 1.13. The van der Waals surface area contributed by atoms with Gasteiger partial charge < -0.3 is 0 Å². The molecule has 2 aromatic rings. The first-order valence-corrected chi connectivity index (χ1v) is 8.01. The molecular formula is C22H28. The first-order chi connectivity index (χ1) is 10.6. The van der Waals surface area contributed by atoms with Crippen molar-refractivity contribution in [2.75, 3.05) is 0 Å². The van der Waals surface area contributed by atoms with Gasteiger partial charge >= 0.3 is 0 Å². The Balaban J connectivity index is 0.000000224. The summed E-state index contributed by atoms with van der Waals surface area (Å²) >= 11 is 0. The summed E-state index contributed by atoms with van der Waals surface area (Å²) in [6.45, 7) is 14.2. The van der Waals surface area contributed by atoms with Crippen molar-refractivity contribution in [3.63, 3.8) is 0 Å². The van der Waals surface area contributed by atoms with E-state index in [2.05, 4.69) is 76.4 Å². The van der Waals surface area contributed by atoms with Gasteiger partial charge in [0.1, 0.15) is 0 Å². The number of unbranched alkanes of at least 4 members (excludes halogenated alkanes) is 1. The van der Waals surface area contributed by atoms with E-state index >= 15 is 0 Å². The Bertz CT molecular complexity index is 591. The van der Waals surface area contributed by atoms with Gasteiger partial charge in [-0.15, -0.1) is 0 Å². The number of aryl methyl sites for hydroxylation is 2. The second-order valence-electron chi connectivity index (χ2n) is 5.64. The maximum Gasteiger partial charge on any atom is -0.0230 e. The van der Waals surface area contributed by atoms with Crippen LogP contribution >= 0.6 is 0 Å². The van der Waals surface area contributed by atoms with Gasteiger partial charge in [0.05, 0.1) is 0 Å². The van der Waals surface area contributed by atoms with Crippen molar-refractivity contribution in [1.29, 1.82) is 0 Å². The van der Waals surface area contributed by atoms with Crippen LogP contribution < -0.4 is 0 Å². The fourth-order valence-electron chi connectivity index (χ4n) is 2.26. The summed E-state index contributed by atoms with van der Waals surface area (Å²) in [6, 6.07) is 16.8. The molecule has 0 aliphatic carbocycles. The highest BCUT2D eigenvalue weighted by molar-refractivity contribution is 5.62. The minimum Gasteiger partial charge on any atom is -0.0985 e. The fourth-order valence-corrected chi connectivity index (χ4v) is 2.26. The highest BCUT2D eigenvalue weighted by atomic mass is 14.0. The third kappa shape index (κ3) is 6.13. The first kappa shape index (κ1) is 18.0.